The number of ketones is 1. The van der Waals surface area contributed by atoms with Crippen molar-refractivity contribution in [3.8, 4) is 0 Å². The van der Waals surface area contributed by atoms with Crippen molar-refractivity contribution in [3.05, 3.63) is 34.8 Å². The summed E-state index contributed by atoms with van der Waals surface area (Å²) >= 11 is 1.24. The van der Waals surface area contributed by atoms with Crippen molar-refractivity contribution in [1.82, 2.24) is 4.40 Å². The smallest absolute Gasteiger partial charge is 0.341 e. The zero-order chi connectivity index (χ0) is 15.1. The molecule has 0 fully saturated rings. The molecule has 0 aromatic carbocycles. The zero-order valence-electron chi connectivity index (χ0n) is 11.7. The number of anilines is 1. The number of nitrogens with zero attached hydrogens (tertiary/aromatic N) is 1. The maximum Gasteiger partial charge on any atom is 0.341 e. The largest absolute Gasteiger partial charge is 0.462 e. The van der Waals surface area contributed by atoms with E-state index < -0.39 is 5.97 Å². The summed E-state index contributed by atoms with van der Waals surface area (Å²) in [4.78, 5) is 24.4. The van der Waals surface area contributed by atoms with E-state index in [0.29, 0.717) is 33.0 Å². The molecule has 5 nitrogen and oxygen atoms in total. The lowest BCUT2D eigenvalue weighted by atomic mass is 10.2. The van der Waals surface area contributed by atoms with Crippen LogP contribution in [0, 0.1) is 0 Å². The molecule has 0 aliphatic heterocycles. The van der Waals surface area contributed by atoms with E-state index >= 15 is 0 Å². The van der Waals surface area contributed by atoms with Crippen LogP contribution in [-0.4, -0.2) is 22.8 Å². The topological polar surface area (TPSA) is 73.8 Å². The maximum absolute atomic E-state index is 12.3. The zero-order valence-corrected chi connectivity index (χ0v) is 12.5. The number of aromatic nitrogens is 1. The average molecular weight is 302 g/mol. The minimum absolute atomic E-state index is 0.104. The fourth-order valence-electron chi connectivity index (χ4n) is 2.46. The highest BCUT2D eigenvalue weighted by molar-refractivity contribution is 7.22. The van der Waals surface area contributed by atoms with Gasteiger partial charge in [0, 0.05) is 13.1 Å². The highest BCUT2D eigenvalue weighted by atomic mass is 32.1. The lowest BCUT2D eigenvalue weighted by Crippen LogP contribution is -2.04. The second kappa shape index (κ2) is 4.89. The van der Waals surface area contributed by atoms with E-state index in [1.165, 1.54) is 18.3 Å². The van der Waals surface area contributed by atoms with Crippen LogP contribution in [0.3, 0.4) is 0 Å². The Balaban J connectivity index is 2.44. The molecule has 3 aromatic heterocycles. The SMILES string of the molecule is CCOC(=O)c1c2sc(C(C)=O)c(N)c2n2ccccc12. The normalized spacial score (nSPS) is 11.1. The molecule has 3 rings (SSSR count). The molecule has 0 aliphatic carbocycles. The molecule has 0 unspecified atom stereocenters. The Hall–Kier alpha value is -2.34. The number of carbonyl (C=O) groups is 2. The predicted molar refractivity (Wildman–Crippen MR) is 83.2 cm³/mol. The molecule has 21 heavy (non-hydrogen) atoms. The number of ether oxygens (including phenoxy) is 1. The van der Waals surface area contributed by atoms with Gasteiger partial charge in [-0.05, 0) is 19.1 Å². The van der Waals surface area contributed by atoms with Crippen LogP contribution in [-0.2, 0) is 4.74 Å². The van der Waals surface area contributed by atoms with Gasteiger partial charge in [-0.2, -0.15) is 0 Å². The third kappa shape index (κ3) is 1.91. The van der Waals surface area contributed by atoms with E-state index in [0.717, 1.165) is 5.52 Å². The lowest BCUT2D eigenvalue weighted by molar-refractivity contribution is 0.0531. The molecule has 0 aliphatic rings. The third-order valence-electron chi connectivity index (χ3n) is 3.30. The number of thiophene rings is 1. The van der Waals surface area contributed by atoms with Gasteiger partial charge in [0.05, 0.1) is 32.9 Å². The van der Waals surface area contributed by atoms with Gasteiger partial charge in [-0.1, -0.05) is 6.07 Å². The number of Topliss-reactive ketones (excluding diaryl/α,β-unsaturated/α-hetero) is 1. The van der Waals surface area contributed by atoms with E-state index in [4.69, 9.17) is 10.5 Å². The fraction of sp³-hybridized carbons (Fsp3) is 0.200. The van der Waals surface area contributed by atoms with Crippen LogP contribution in [0.2, 0.25) is 0 Å². The summed E-state index contributed by atoms with van der Waals surface area (Å²) in [6.45, 7) is 3.53. The summed E-state index contributed by atoms with van der Waals surface area (Å²) in [5.74, 6) is -0.499. The highest BCUT2D eigenvalue weighted by Gasteiger charge is 2.25. The number of hydrogen-bond donors (Lipinski definition) is 1. The van der Waals surface area contributed by atoms with Gasteiger partial charge < -0.3 is 14.9 Å². The van der Waals surface area contributed by atoms with Crippen LogP contribution < -0.4 is 5.73 Å². The average Bonchev–Trinajstić information content (AvgIpc) is 2.94. The Labute approximate surface area is 124 Å². The molecule has 0 bridgehead atoms. The van der Waals surface area contributed by atoms with E-state index in [1.54, 1.807) is 6.92 Å². The van der Waals surface area contributed by atoms with Crippen molar-refractivity contribution in [3.63, 3.8) is 0 Å². The number of esters is 1. The number of pyridine rings is 1. The Bertz CT molecular complexity index is 876. The Morgan fingerprint density at radius 2 is 2.14 bits per heavy atom. The monoisotopic (exact) mass is 302 g/mol. The van der Waals surface area contributed by atoms with Crippen molar-refractivity contribution in [2.75, 3.05) is 12.3 Å². The van der Waals surface area contributed by atoms with Gasteiger partial charge in [0.15, 0.2) is 5.78 Å². The summed E-state index contributed by atoms with van der Waals surface area (Å²) < 4.78 is 7.67. The van der Waals surface area contributed by atoms with Crippen molar-refractivity contribution >= 4 is 44.5 Å². The van der Waals surface area contributed by atoms with Gasteiger partial charge in [0.2, 0.25) is 0 Å². The van der Waals surface area contributed by atoms with E-state index in [-0.39, 0.29) is 5.78 Å². The standard InChI is InChI=1S/C15H14N2O3S/c1-3-20-15(19)10-9-6-4-5-7-17(9)12-11(16)13(8(2)18)21-14(10)12/h4-7H,3,16H2,1-2H3. The molecule has 0 amide bonds. The van der Waals surface area contributed by atoms with Gasteiger partial charge in [-0.25, -0.2) is 4.79 Å². The molecular formula is C15H14N2O3S. The van der Waals surface area contributed by atoms with Gasteiger partial charge in [-0.15, -0.1) is 11.3 Å². The number of carbonyl (C=O) groups excluding carboxylic acids is 2. The number of fused-ring (bicyclic) bond motifs is 3. The van der Waals surface area contributed by atoms with Crippen molar-refractivity contribution < 1.29 is 14.3 Å². The third-order valence-corrected chi connectivity index (χ3v) is 4.62. The Morgan fingerprint density at radius 3 is 2.81 bits per heavy atom. The summed E-state index contributed by atoms with van der Waals surface area (Å²) in [6, 6.07) is 5.54. The second-order valence-electron chi connectivity index (χ2n) is 4.63. The molecule has 0 saturated heterocycles. The number of rotatable bonds is 3. The Kier molecular flexibility index (Phi) is 3.17. The van der Waals surface area contributed by atoms with E-state index in [9.17, 15) is 9.59 Å². The van der Waals surface area contributed by atoms with Gasteiger partial charge in [0.25, 0.3) is 0 Å². The summed E-state index contributed by atoms with van der Waals surface area (Å²) in [5.41, 5.74) is 8.43. The number of nitrogen functional groups attached to an aromatic ring is 1. The summed E-state index contributed by atoms with van der Waals surface area (Å²) in [5, 5.41) is 0. The molecule has 2 N–H and O–H groups in total. The number of nitrogens with two attached hydrogens (primary N) is 1. The predicted octanol–water partition coefficient (Wildman–Crippen LogP) is 3.12. The van der Waals surface area contributed by atoms with Crippen molar-refractivity contribution in [1.29, 1.82) is 0 Å². The molecule has 108 valence electrons. The van der Waals surface area contributed by atoms with E-state index in [2.05, 4.69) is 0 Å². The van der Waals surface area contributed by atoms with Crippen molar-refractivity contribution in [2.24, 2.45) is 0 Å². The fourth-order valence-corrected chi connectivity index (χ4v) is 3.61. The number of hydrogen-bond acceptors (Lipinski definition) is 5. The van der Waals surface area contributed by atoms with Crippen LogP contribution in [0.25, 0.3) is 15.7 Å². The first-order valence-electron chi connectivity index (χ1n) is 6.55. The Morgan fingerprint density at radius 1 is 1.38 bits per heavy atom. The first kappa shape index (κ1) is 13.6. The van der Waals surface area contributed by atoms with Crippen LogP contribution >= 0.6 is 11.3 Å². The minimum Gasteiger partial charge on any atom is -0.462 e. The molecule has 3 aromatic rings. The van der Waals surface area contributed by atoms with Crippen LogP contribution in [0.4, 0.5) is 5.69 Å². The van der Waals surface area contributed by atoms with E-state index in [1.807, 2.05) is 28.8 Å². The molecule has 3 heterocycles. The summed E-state index contributed by atoms with van der Waals surface area (Å²) in [6.07, 6.45) is 1.83. The maximum atomic E-state index is 12.3. The molecule has 0 saturated carbocycles. The van der Waals surface area contributed by atoms with Gasteiger partial charge >= 0.3 is 5.97 Å². The van der Waals surface area contributed by atoms with Crippen molar-refractivity contribution in [2.45, 2.75) is 13.8 Å². The molecule has 0 spiro atoms. The van der Waals surface area contributed by atoms with Gasteiger partial charge in [-0.3, -0.25) is 4.79 Å². The molecular weight excluding hydrogens is 288 g/mol. The quantitative estimate of drug-likeness (QED) is 0.596. The van der Waals surface area contributed by atoms with Crippen LogP contribution in [0.5, 0.6) is 0 Å². The second-order valence-corrected chi connectivity index (χ2v) is 5.65. The molecule has 6 heteroatoms. The summed E-state index contributed by atoms with van der Waals surface area (Å²) in [7, 11) is 0. The van der Waals surface area contributed by atoms with Gasteiger partial charge in [0.1, 0.15) is 5.56 Å². The first-order chi connectivity index (χ1) is 10.1. The highest BCUT2D eigenvalue weighted by Crippen LogP contribution is 2.39. The van der Waals surface area contributed by atoms with Crippen LogP contribution in [0.1, 0.15) is 33.9 Å². The lowest BCUT2D eigenvalue weighted by Gasteiger charge is -2.01. The molecule has 0 radical (unpaired) electrons. The first-order valence-corrected chi connectivity index (χ1v) is 7.37. The minimum atomic E-state index is -0.396. The van der Waals surface area contributed by atoms with Crippen LogP contribution in [0.15, 0.2) is 24.4 Å². The molecule has 0 atom stereocenters.